The molecule has 1 aliphatic carbocycles. The van der Waals surface area contributed by atoms with Gasteiger partial charge in [0.2, 0.25) is 5.91 Å². The van der Waals surface area contributed by atoms with E-state index < -0.39 is 5.54 Å². The molecule has 0 aromatic heterocycles. The Morgan fingerprint density at radius 1 is 1.18 bits per heavy atom. The van der Waals surface area contributed by atoms with Gasteiger partial charge < -0.3 is 15.5 Å². The van der Waals surface area contributed by atoms with Crippen LogP contribution in [0.15, 0.2) is 18.2 Å². The van der Waals surface area contributed by atoms with Crippen molar-refractivity contribution in [1.82, 2.24) is 9.80 Å². The van der Waals surface area contributed by atoms with Crippen LogP contribution in [0.2, 0.25) is 10.0 Å². The second-order valence-electron chi connectivity index (χ2n) is 8.49. The Balaban J connectivity index is 1.42. The molecule has 7 heteroatoms. The minimum absolute atomic E-state index is 0.0711. The maximum atomic E-state index is 12.3. The first-order chi connectivity index (χ1) is 13.3. The van der Waals surface area contributed by atoms with Gasteiger partial charge in [-0.3, -0.25) is 9.69 Å². The number of nitrogens with two attached hydrogens (primary N) is 1. The molecule has 156 valence electrons. The predicted molar refractivity (Wildman–Crippen MR) is 117 cm³/mol. The fraction of sp³-hybridized carbons (Fsp3) is 0.667. The molecule has 2 aliphatic rings. The number of piperazine rings is 1. The van der Waals surface area contributed by atoms with Crippen LogP contribution in [0, 0.1) is 5.92 Å². The van der Waals surface area contributed by atoms with Crippen molar-refractivity contribution in [3.8, 4) is 0 Å². The van der Waals surface area contributed by atoms with Crippen LogP contribution in [0.4, 0.5) is 5.69 Å². The van der Waals surface area contributed by atoms with Crippen molar-refractivity contribution in [3.05, 3.63) is 28.2 Å². The Kier molecular flexibility index (Phi) is 7.13. The first-order valence-corrected chi connectivity index (χ1v) is 11.0. The average molecular weight is 427 g/mol. The number of carbonyl (C=O) groups is 1. The molecule has 3 rings (SSSR count). The summed E-state index contributed by atoms with van der Waals surface area (Å²) in [5.74, 6) is 0.744. The van der Waals surface area contributed by atoms with Gasteiger partial charge in [-0.15, -0.1) is 0 Å². The Hall–Kier alpha value is -1.01. The number of halogens is 2. The fourth-order valence-electron chi connectivity index (χ4n) is 4.45. The van der Waals surface area contributed by atoms with Gasteiger partial charge in [0.05, 0.1) is 21.3 Å². The Morgan fingerprint density at radius 3 is 2.43 bits per heavy atom. The van der Waals surface area contributed by atoms with Crippen LogP contribution in [0.1, 0.15) is 32.1 Å². The van der Waals surface area contributed by atoms with Crippen molar-refractivity contribution >= 4 is 34.8 Å². The maximum absolute atomic E-state index is 12.3. The third-order valence-corrected chi connectivity index (χ3v) is 7.14. The second-order valence-corrected chi connectivity index (χ2v) is 9.27. The van der Waals surface area contributed by atoms with Crippen molar-refractivity contribution in [2.45, 2.75) is 37.6 Å². The van der Waals surface area contributed by atoms with Gasteiger partial charge in [-0.05, 0) is 56.7 Å². The van der Waals surface area contributed by atoms with Crippen molar-refractivity contribution in [3.63, 3.8) is 0 Å². The SMILES string of the molecule is CN(C)C(=O)C1(N)CCC(CCN2CCN(c3cccc(Cl)c3Cl)CC2)CC1. The van der Waals surface area contributed by atoms with E-state index in [1.165, 1.54) is 6.42 Å². The zero-order valence-corrected chi connectivity index (χ0v) is 18.5. The molecule has 2 fully saturated rings. The topological polar surface area (TPSA) is 52.8 Å². The van der Waals surface area contributed by atoms with Crippen LogP contribution in [0.3, 0.4) is 0 Å². The van der Waals surface area contributed by atoms with Gasteiger partial charge in [0, 0.05) is 40.3 Å². The van der Waals surface area contributed by atoms with Gasteiger partial charge in [-0.2, -0.15) is 0 Å². The molecule has 0 atom stereocenters. The van der Waals surface area contributed by atoms with Gasteiger partial charge in [0.25, 0.3) is 0 Å². The molecule has 1 aliphatic heterocycles. The van der Waals surface area contributed by atoms with Crippen LogP contribution >= 0.6 is 23.2 Å². The summed E-state index contributed by atoms with van der Waals surface area (Å²) < 4.78 is 0. The molecule has 1 heterocycles. The molecule has 1 amide bonds. The van der Waals surface area contributed by atoms with Gasteiger partial charge in [0.15, 0.2) is 0 Å². The van der Waals surface area contributed by atoms with Gasteiger partial charge in [-0.1, -0.05) is 29.3 Å². The molecule has 5 nitrogen and oxygen atoms in total. The molecule has 0 spiro atoms. The van der Waals surface area contributed by atoms with Crippen molar-refractivity contribution in [2.24, 2.45) is 11.7 Å². The molecular formula is C21H32Cl2N4O. The number of benzene rings is 1. The summed E-state index contributed by atoms with van der Waals surface area (Å²) in [4.78, 5) is 18.8. The van der Waals surface area contributed by atoms with Crippen molar-refractivity contribution < 1.29 is 4.79 Å². The number of anilines is 1. The van der Waals surface area contributed by atoms with Crippen molar-refractivity contribution in [1.29, 1.82) is 0 Å². The molecule has 1 saturated carbocycles. The van der Waals surface area contributed by atoms with E-state index in [9.17, 15) is 4.79 Å². The number of rotatable bonds is 5. The van der Waals surface area contributed by atoms with E-state index in [1.807, 2.05) is 18.2 Å². The van der Waals surface area contributed by atoms with Crippen molar-refractivity contribution in [2.75, 3.05) is 51.7 Å². The standard InChI is InChI=1S/C21H32Cl2N4O/c1-25(2)20(28)21(24)9-6-16(7-10-21)8-11-26-12-14-27(15-13-26)18-5-3-4-17(22)19(18)23/h3-5,16H,6-15,24H2,1-2H3. The summed E-state index contributed by atoms with van der Waals surface area (Å²) in [6.45, 7) is 5.12. The highest BCUT2D eigenvalue weighted by Crippen LogP contribution is 2.34. The largest absolute Gasteiger partial charge is 0.368 e. The maximum Gasteiger partial charge on any atom is 0.242 e. The average Bonchev–Trinajstić information content (AvgIpc) is 2.69. The zero-order chi connectivity index (χ0) is 20.3. The summed E-state index contributed by atoms with van der Waals surface area (Å²) >= 11 is 12.5. The molecule has 0 bridgehead atoms. The van der Waals surface area contributed by atoms with Crippen LogP contribution in [-0.4, -0.2) is 68.1 Å². The number of likely N-dealkylation sites (N-methyl/N-ethyl adjacent to an activating group) is 1. The molecule has 1 aromatic carbocycles. The summed E-state index contributed by atoms with van der Waals surface area (Å²) in [6, 6.07) is 5.83. The molecule has 0 unspecified atom stereocenters. The lowest BCUT2D eigenvalue weighted by Gasteiger charge is -2.39. The molecule has 0 radical (unpaired) electrons. The number of hydrogen-bond acceptors (Lipinski definition) is 4. The van der Waals surface area contributed by atoms with E-state index in [1.54, 1.807) is 19.0 Å². The van der Waals surface area contributed by atoms with Gasteiger partial charge in [0.1, 0.15) is 0 Å². The highest BCUT2D eigenvalue weighted by atomic mass is 35.5. The minimum Gasteiger partial charge on any atom is -0.368 e. The molecule has 1 aromatic rings. The first-order valence-electron chi connectivity index (χ1n) is 10.2. The quantitative estimate of drug-likeness (QED) is 0.782. The highest BCUT2D eigenvalue weighted by Gasteiger charge is 2.39. The number of nitrogens with zero attached hydrogens (tertiary/aromatic N) is 3. The van der Waals surface area contributed by atoms with E-state index in [2.05, 4.69) is 9.80 Å². The Bertz CT molecular complexity index is 681. The lowest BCUT2D eigenvalue weighted by molar-refractivity contribution is -0.136. The lowest BCUT2D eigenvalue weighted by atomic mass is 9.75. The van der Waals surface area contributed by atoms with Gasteiger partial charge in [-0.25, -0.2) is 0 Å². The summed E-state index contributed by atoms with van der Waals surface area (Å²) in [5.41, 5.74) is 6.75. The first kappa shape index (κ1) is 21.7. The second kappa shape index (κ2) is 9.21. The minimum atomic E-state index is -0.651. The Morgan fingerprint density at radius 2 is 1.82 bits per heavy atom. The van der Waals surface area contributed by atoms with Crippen LogP contribution in [0.25, 0.3) is 0 Å². The molecule has 2 N–H and O–H groups in total. The molecule has 28 heavy (non-hydrogen) atoms. The molecule has 1 saturated heterocycles. The third kappa shape index (κ3) is 4.93. The monoisotopic (exact) mass is 426 g/mol. The molecular weight excluding hydrogens is 395 g/mol. The number of hydrogen-bond donors (Lipinski definition) is 1. The van der Waals surface area contributed by atoms with E-state index in [0.29, 0.717) is 16.0 Å². The van der Waals surface area contributed by atoms with E-state index >= 15 is 0 Å². The van der Waals surface area contributed by atoms with E-state index in [0.717, 1.165) is 64.1 Å². The Labute approximate surface area is 178 Å². The summed E-state index contributed by atoms with van der Waals surface area (Å²) in [5, 5.41) is 1.26. The summed E-state index contributed by atoms with van der Waals surface area (Å²) in [7, 11) is 3.58. The predicted octanol–water partition coefficient (Wildman–Crippen LogP) is 3.48. The van der Waals surface area contributed by atoms with Crippen LogP contribution in [0.5, 0.6) is 0 Å². The summed E-state index contributed by atoms with van der Waals surface area (Å²) in [6.07, 6.45) is 4.89. The van der Waals surface area contributed by atoms with Crippen LogP contribution < -0.4 is 10.6 Å². The third-order valence-electron chi connectivity index (χ3n) is 6.33. The highest BCUT2D eigenvalue weighted by molar-refractivity contribution is 6.43. The smallest absolute Gasteiger partial charge is 0.242 e. The fourth-order valence-corrected chi connectivity index (χ4v) is 4.87. The zero-order valence-electron chi connectivity index (χ0n) is 17.0. The van der Waals surface area contributed by atoms with E-state index in [4.69, 9.17) is 28.9 Å². The van der Waals surface area contributed by atoms with Gasteiger partial charge >= 0.3 is 0 Å². The normalized spacial score (nSPS) is 26.3. The lowest BCUT2D eigenvalue weighted by Crippen LogP contribution is -2.55. The van der Waals surface area contributed by atoms with Crippen LogP contribution in [-0.2, 0) is 4.79 Å². The van der Waals surface area contributed by atoms with E-state index in [-0.39, 0.29) is 5.91 Å². The number of carbonyl (C=O) groups excluding carboxylic acids is 1. The number of amides is 1.